The van der Waals surface area contributed by atoms with Gasteiger partial charge in [0.25, 0.3) is 5.91 Å². The zero-order valence-electron chi connectivity index (χ0n) is 11.3. The Hall–Kier alpha value is -2.33. The number of nitrogens with two attached hydrogens (primary N) is 1. The van der Waals surface area contributed by atoms with Crippen LogP contribution in [0.2, 0.25) is 5.02 Å². The van der Waals surface area contributed by atoms with E-state index in [1.165, 1.54) is 12.1 Å². The molecule has 0 unspecified atom stereocenters. The summed E-state index contributed by atoms with van der Waals surface area (Å²) in [5.41, 5.74) is 7.08. The molecule has 0 aromatic heterocycles. The number of hydrogen-bond acceptors (Lipinski definition) is 2. The minimum atomic E-state index is -0.511. The summed E-state index contributed by atoms with van der Waals surface area (Å²) in [7, 11) is 0. The molecule has 2 aromatic carbocycles. The second kappa shape index (κ2) is 6.90. The van der Waals surface area contributed by atoms with Crippen LogP contribution in [0.15, 0.2) is 48.5 Å². The molecule has 2 rings (SSSR count). The molecule has 21 heavy (non-hydrogen) atoms. The molecule has 0 saturated carbocycles. The van der Waals surface area contributed by atoms with Crippen LogP contribution in [-0.2, 0) is 6.42 Å². The normalized spacial score (nSPS) is 10.1. The largest absolute Gasteiger partial charge is 0.366 e. The van der Waals surface area contributed by atoms with E-state index in [2.05, 4.69) is 5.32 Å². The van der Waals surface area contributed by atoms with Crippen molar-refractivity contribution in [2.24, 2.45) is 5.73 Å². The highest BCUT2D eigenvalue weighted by atomic mass is 35.5. The molecular weight excluding hydrogens is 288 g/mol. The maximum Gasteiger partial charge on any atom is 0.251 e. The van der Waals surface area contributed by atoms with Crippen molar-refractivity contribution in [3.05, 3.63) is 70.2 Å². The molecule has 0 aliphatic carbocycles. The third-order valence-corrected chi connectivity index (χ3v) is 3.25. The maximum atomic E-state index is 11.9. The highest BCUT2D eigenvalue weighted by Gasteiger charge is 2.06. The quantitative estimate of drug-likeness (QED) is 0.890. The molecule has 0 atom stereocenters. The molecule has 5 heteroatoms. The Morgan fingerprint density at radius 1 is 1.05 bits per heavy atom. The van der Waals surface area contributed by atoms with Crippen molar-refractivity contribution in [2.45, 2.75) is 6.42 Å². The van der Waals surface area contributed by atoms with Gasteiger partial charge in [0.1, 0.15) is 0 Å². The average Bonchev–Trinajstić information content (AvgIpc) is 2.47. The Bertz CT molecular complexity index is 654. The van der Waals surface area contributed by atoms with E-state index in [0.717, 1.165) is 5.56 Å². The van der Waals surface area contributed by atoms with Crippen molar-refractivity contribution in [3.63, 3.8) is 0 Å². The molecule has 0 fully saturated rings. The summed E-state index contributed by atoms with van der Waals surface area (Å²) in [6.07, 6.45) is 0.700. The predicted octanol–water partition coefficient (Wildman–Crippen LogP) is 2.41. The van der Waals surface area contributed by atoms with Gasteiger partial charge in [-0.1, -0.05) is 23.7 Å². The first-order valence-electron chi connectivity index (χ1n) is 6.49. The molecule has 0 spiro atoms. The second-order valence-corrected chi connectivity index (χ2v) is 5.01. The molecule has 2 aromatic rings. The summed E-state index contributed by atoms with van der Waals surface area (Å²) in [6.45, 7) is 0.511. The van der Waals surface area contributed by atoms with Gasteiger partial charge in [-0.25, -0.2) is 0 Å². The van der Waals surface area contributed by atoms with E-state index >= 15 is 0 Å². The molecule has 3 N–H and O–H groups in total. The van der Waals surface area contributed by atoms with Crippen molar-refractivity contribution in [2.75, 3.05) is 6.54 Å². The Kier molecular flexibility index (Phi) is 4.95. The Morgan fingerprint density at radius 2 is 1.71 bits per heavy atom. The Balaban J connectivity index is 1.88. The van der Waals surface area contributed by atoms with E-state index in [4.69, 9.17) is 17.3 Å². The lowest BCUT2D eigenvalue weighted by Gasteiger charge is -2.06. The first kappa shape index (κ1) is 15.1. The van der Waals surface area contributed by atoms with Crippen molar-refractivity contribution < 1.29 is 9.59 Å². The van der Waals surface area contributed by atoms with Crippen LogP contribution in [0.1, 0.15) is 26.3 Å². The first-order valence-corrected chi connectivity index (χ1v) is 6.86. The fourth-order valence-corrected chi connectivity index (χ4v) is 2.11. The molecule has 0 aliphatic heterocycles. The summed E-state index contributed by atoms with van der Waals surface area (Å²) in [6, 6.07) is 13.7. The number of halogens is 1. The summed E-state index contributed by atoms with van der Waals surface area (Å²) in [4.78, 5) is 22.9. The number of hydrogen-bond donors (Lipinski definition) is 2. The minimum Gasteiger partial charge on any atom is -0.366 e. The van der Waals surface area contributed by atoms with Crippen LogP contribution in [0, 0.1) is 0 Å². The van der Waals surface area contributed by atoms with Crippen LogP contribution < -0.4 is 11.1 Å². The van der Waals surface area contributed by atoms with Crippen LogP contribution >= 0.6 is 11.6 Å². The van der Waals surface area contributed by atoms with E-state index in [0.29, 0.717) is 29.1 Å². The van der Waals surface area contributed by atoms with Crippen LogP contribution in [0.5, 0.6) is 0 Å². The zero-order valence-corrected chi connectivity index (χ0v) is 12.1. The lowest BCUT2D eigenvalue weighted by molar-refractivity contribution is 0.0951. The average molecular weight is 303 g/mol. The Morgan fingerprint density at radius 3 is 2.33 bits per heavy atom. The Labute approximate surface area is 127 Å². The van der Waals surface area contributed by atoms with E-state index in [1.54, 1.807) is 12.1 Å². The fourth-order valence-electron chi connectivity index (χ4n) is 1.90. The van der Waals surface area contributed by atoms with E-state index in [1.807, 2.05) is 24.3 Å². The molecule has 0 bridgehead atoms. The molecule has 0 saturated heterocycles. The molecule has 0 aliphatic rings. The monoisotopic (exact) mass is 302 g/mol. The third-order valence-electron chi connectivity index (χ3n) is 3.02. The second-order valence-electron chi connectivity index (χ2n) is 4.58. The summed E-state index contributed by atoms with van der Waals surface area (Å²) in [5, 5.41) is 3.50. The number of primary amides is 1. The van der Waals surface area contributed by atoms with E-state index in [-0.39, 0.29) is 5.91 Å². The van der Waals surface area contributed by atoms with Gasteiger partial charge in [-0.05, 0) is 48.4 Å². The number of rotatable bonds is 5. The summed E-state index contributed by atoms with van der Waals surface area (Å²) >= 11 is 5.90. The van der Waals surface area contributed by atoms with Crippen molar-refractivity contribution in [1.29, 1.82) is 0 Å². The number of benzene rings is 2. The van der Waals surface area contributed by atoms with E-state index < -0.39 is 5.91 Å². The lowest BCUT2D eigenvalue weighted by Crippen LogP contribution is -2.25. The van der Waals surface area contributed by atoms with Crippen LogP contribution in [0.4, 0.5) is 0 Å². The molecule has 108 valence electrons. The topological polar surface area (TPSA) is 72.2 Å². The number of carbonyl (C=O) groups excluding carboxylic acids is 2. The van der Waals surface area contributed by atoms with Gasteiger partial charge in [-0.15, -0.1) is 0 Å². The molecule has 2 amide bonds. The predicted molar refractivity (Wildman–Crippen MR) is 82.4 cm³/mol. The van der Waals surface area contributed by atoms with Crippen molar-refractivity contribution >= 4 is 23.4 Å². The molecular formula is C16H15ClN2O2. The number of carbonyl (C=O) groups is 2. The number of amides is 2. The van der Waals surface area contributed by atoms with Crippen molar-refractivity contribution in [3.8, 4) is 0 Å². The molecule has 0 radical (unpaired) electrons. The van der Waals surface area contributed by atoms with E-state index in [9.17, 15) is 9.59 Å². The minimum absolute atomic E-state index is 0.187. The van der Waals surface area contributed by atoms with Crippen molar-refractivity contribution in [1.82, 2.24) is 5.32 Å². The van der Waals surface area contributed by atoms with Gasteiger partial charge in [0.2, 0.25) is 5.91 Å². The van der Waals surface area contributed by atoms with Crippen LogP contribution in [0.25, 0.3) is 0 Å². The smallest absolute Gasteiger partial charge is 0.251 e. The van der Waals surface area contributed by atoms with Gasteiger partial charge in [-0.3, -0.25) is 9.59 Å². The number of nitrogens with one attached hydrogen (secondary N) is 1. The van der Waals surface area contributed by atoms with Crippen LogP contribution in [0.3, 0.4) is 0 Å². The SMILES string of the molecule is NC(=O)c1ccc(C(=O)NCCc2cccc(Cl)c2)cc1. The lowest BCUT2D eigenvalue weighted by atomic mass is 10.1. The molecule has 4 nitrogen and oxygen atoms in total. The van der Waals surface area contributed by atoms with Gasteiger partial charge < -0.3 is 11.1 Å². The first-order chi connectivity index (χ1) is 10.1. The third kappa shape index (κ3) is 4.33. The van der Waals surface area contributed by atoms with Gasteiger partial charge in [-0.2, -0.15) is 0 Å². The molecule has 0 heterocycles. The van der Waals surface area contributed by atoms with Gasteiger partial charge in [0, 0.05) is 22.7 Å². The summed E-state index contributed by atoms with van der Waals surface area (Å²) < 4.78 is 0. The van der Waals surface area contributed by atoms with Crippen LogP contribution in [-0.4, -0.2) is 18.4 Å². The summed E-state index contributed by atoms with van der Waals surface area (Å²) in [5.74, 6) is -0.698. The van der Waals surface area contributed by atoms with Gasteiger partial charge in [0.15, 0.2) is 0 Å². The maximum absolute atomic E-state index is 11.9. The zero-order chi connectivity index (χ0) is 15.2. The highest BCUT2D eigenvalue weighted by Crippen LogP contribution is 2.10. The fraction of sp³-hybridized carbons (Fsp3) is 0.125. The van der Waals surface area contributed by atoms with Gasteiger partial charge >= 0.3 is 0 Å². The standard InChI is InChI=1S/C16H15ClN2O2/c17-14-3-1-2-11(10-14)8-9-19-16(21)13-6-4-12(5-7-13)15(18)20/h1-7,10H,8-9H2,(H2,18,20)(H,19,21). The van der Waals surface area contributed by atoms with Gasteiger partial charge in [0.05, 0.1) is 0 Å². The highest BCUT2D eigenvalue weighted by molar-refractivity contribution is 6.30.